The molecule has 1 saturated heterocycles. The van der Waals surface area contributed by atoms with E-state index in [2.05, 4.69) is 21.2 Å². The number of imide groups is 1. The standard InChI is InChI=1S/C4H4BrNO2.C3H7NO/c5-2-1-3(7)6-4(2)8;1-4(2)3-5/h2H,1H2,(H,6,7,8);3H,1-2H3. The molecule has 0 aliphatic carbocycles. The third-order valence-corrected chi connectivity index (χ3v) is 1.86. The van der Waals surface area contributed by atoms with Crippen LogP contribution in [0.2, 0.25) is 0 Å². The summed E-state index contributed by atoms with van der Waals surface area (Å²) in [7, 11) is 3.38. The van der Waals surface area contributed by atoms with Gasteiger partial charge in [0.2, 0.25) is 18.2 Å². The Kier molecular flexibility index (Phi) is 5.29. The first-order chi connectivity index (χ1) is 5.97. The summed E-state index contributed by atoms with van der Waals surface area (Å²) >= 11 is 3.01. The van der Waals surface area contributed by atoms with Gasteiger partial charge in [0.05, 0.1) is 0 Å². The second kappa shape index (κ2) is 5.69. The average Bonchev–Trinajstić information content (AvgIpc) is 2.31. The van der Waals surface area contributed by atoms with Crippen molar-refractivity contribution in [2.45, 2.75) is 11.2 Å². The van der Waals surface area contributed by atoms with Gasteiger partial charge in [-0.2, -0.15) is 0 Å². The van der Waals surface area contributed by atoms with Crippen molar-refractivity contribution in [1.82, 2.24) is 10.2 Å². The van der Waals surface area contributed by atoms with Gasteiger partial charge in [-0.1, -0.05) is 15.9 Å². The summed E-state index contributed by atoms with van der Waals surface area (Å²) in [5.74, 6) is -0.424. The highest BCUT2D eigenvalue weighted by Crippen LogP contribution is 2.10. The molecule has 1 heterocycles. The van der Waals surface area contributed by atoms with E-state index in [4.69, 9.17) is 0 Å². The van der Waals surface area contributed by atoms with E-state index in [1.807, 2.05) is 0 Å². The van der Waals surface area contributed by atoms with Crippen LogP contribution in [0, 0.1) is 0 Å². The summed E-state index contributed by atoms with van der Waals surface area (Å²) < 4.78 is 0. The van der Waals surface area contributed by atoms with Gasteiger partial charge in [0, 0.05) is 20.5 Å². The maximum Gasteiger partial charge on any atom is 0.240 e. The number of rotatable bonds is 1. The lowest BCUT2D eigenvalue weighted by atomic mass is 10.4. The lowest BCUT2D eigenvalue weighted by Gasteiger charge is -1.93. The second-order valence-corrected chi connectivity index (χ2v) is 3.76. The Morgan fingerprint density at radius 1 is 1.54 bits per heavy atom. The first-order valence-electron chi connectivity index (χ1n) is 3.57. The van der Waals surface area contributed by atoms with Crippen molar-refractivity contribution in [2.24, 2.45) is 0 Å². The molecule has 3 amide bonds. The molecule has 0 aromatic carbocycles. The Bertz CT molecular complexity index is 218. The number of amides is 3. The Hall–Kier alpha value is -0.910. The molecule has 13 heavy (non-hydrogen) atoms. The maximum absolute atomic E-state index is 10.4. The van der Waals surface area contributed by atoms with Gasteiger partial charge < -0.3 is 4.90 Å². The molecule has 1 N–H and O–H groups in total. The van der Waals surface area contributed by atoms with Gasteiger partial charge in [-0.15, -0.1) is 0 Å². The highest BCUT2D eigenvalue weighted by Gasteiger charge is 2.27. The van der Waals surface area contributed by atoms with Crippen LogP contribution in [0.1, 0.15) is 6.42 Å². The molecule has 6 heteroatoms. The number of carbonyl (C=O) groups excluding carboxylic acids is 3. The maximum atomic E-state index is 10.4. The van der Waals surface area contributed by atoms with Gasteiger partial charge >= 0.3 is 0 Å². The summed E-state index contributed by atoms with van der Waals surface area (Å²) in [5.41, 5.74) is 0. The fourth-order valence-electron chi connectivity index (χ4n) is 0.522. The van der Waals surface area contributed by atoms with Crippen LogP contribution in [0.15, 0.2) is 0 Å². The molecule has 5 nitrogen and oxygen atoms in total. The minimum absolute atomic E-state index is 0.197. The number of nitrogens with one attached hydrogen (secondary N) is 1. The Labute approximate surface area is 84.6 Å². The third kappa shape index (κ3) is 5.35. The number of halogens is 1. The van der Waals surface area contributed by atoms with Crippen molar-refractivity contribution >= 4 is 34.2 Å². The predicted molar refractivity (Wildman–Crippen MR) is 50.2 cm³/mol. The molecular weight excluding hydrogens is 240 g/mol. The first kappa shape index (κ1) is 12.1. The monoisotopic (exact) mass is 250 g/mol. The van der Waals surface area contributed by atoms with Crippen molar-refractivity contribution in [2.75, 3.05) is 14.1 Å². The number of hydrogen-bond acceptors (Lipinski definition) is 3. The second-order valence-electron chi connectivity index (χ2n) is 2.65. The van der Waals surface area contributed by atoms with Crippen molar-refractivity contribution in [3.05, 3.63) is 0 Å². The number of hydrogen-bond donors (Lipinski definition) is 1. The fourth-order valence-corrected chi connectivity index (χ4v) is 0.931. The normalized spacial score (nSPS) is 20.1. The molecule has 0 bridgehead atoms. The molecule has 0 aromatic heterocycles. The summed E-state index contributed by atoms with van der Waals surface area (Å²) in [6.45, 7) is 0. The van der Waals surface area contributed by atoms with E-state index < -0.39 is 0 Å². The van der Waals surface area contributed by atoms with Crippen LogP contribution in [0.3, 0.4) is 0 Å². The SMILES string of the molecule is CN(C)C=O.O=C1CC(Br)C(=O)N1. The molecule has 0 aromatic rings. The molecule has 1 aliphatic heterocycles. The van der Waals surface area contributed by atoms with Gasteiger partial charge in [0.1, 0.15) is 4.83 Å². The Morgan fingerprint density at radius 3 is 2.08 bits per heavy atom. The van der Waals surface area contributed by atoms with E-state index >= 15 is 0 Å². The first-order valence-corrected chi connectivity index (χ1v) is 4.48. The highest BCUT2D eigenvalue weighted by atomic mass is 79.9. The van der Waals surface area contributed by atoms with Gasteiger partial charge in [-0.3, -0.25) is 19.7 Å². The largest absolute Gasteiger partial charge is 0.351 e. The van der Waals surface area contributed by atoms with Crippen molar-refractivity contribution < 1.29 is 14.4 Å². The molecule has 0 radical (unpaired) electrons. The topological polar surface area (TPSA) is 66.5 Å². The van der Waals surface area contributed by atoms with Crippen LogP contribution >= 0.6 is 15.9 Å². The lowest BCUT2D eigenvalue weighted by molar-refractivity contribution is -0.124. The van der Waals surface area contributed by atoms with Crippen LogP contribution in [-0.2, 0) is 14.4 Å². The summed E-state index contributed by atoms with van der Waals surface area (Å²) in [6, 6.07) is 0. The van der Waals surface area contributed by atoms with E-state index in [-0.39, 0.29) is 23.1 Å². The van der Waals surface area contributed by atoms with Crippen LogP contribution in [0.25, 0.3) is 0 Å². The zero-order valence-electron chi connectivity index (χ0n) is 7.41. The Balaban J connectivity index is 0.000000252. The minimum Gasteiger partial charge on any atom is -0.351 e. The highest BCUT2D eigenvalue weighted by molar-refractivity contribution is 9.10. The smallest absolute Gasteiger partial charge is 0.240 e. The molecule has 74 valence electrons. The zero-order chi connectivity index (χ0) is 10.4. The summed E-state index contributed by atoms with van der Waals surface area (Å²) in [5, 5.41) is 2.14. The van der Waals surface area contributed by atoms with Crippen LogP contribution in [0.5, 0.6) is 0 Å². The number of carbonyl (C=O) groups is 3. The molecule has 1 unspecified atom stereocenters. The molecule has 1 atom stereocenters. The third-order valence-electron chi connectivity index (χ3n) is 1.12. The van der Waals surface area contributed by atoms with E-state index in [1.54, 1.807) is 14.1 Å². The van der Waals surface area contributed by atoms with Gasteiger partial charge in [-0.05, 0) is 0 Å². The lowest BCUT2D eigenvalue weighted by Crippen LogP contribution is -2.21. The molecule has 0 spiro atoms. The number of nitrogens with zero attached hydrogens (tertiary/aromatic N) is 1. The molecular formula is C7H11BrN2O3. The van der Waals surface area contributed by atoms with E-state index in [0.29, 0.717) is 0 Å². The van der Waals surface area contributed by atoms with Crippen molar-refractivity contribution in [3.63, 3.8) is 0 Å². The van der Waals surface area contributed by atoms with Crippen LogP contribution in [-0.4, -0.2) is 42.0 Å². The molecule has 1 rings (SSSR count). The fraction of sp³-hybridized carbons (Fsp3) is 0.571. The van der Waals surface area contributed by atoms with Crippen molar-refractivity contribution in [1.29, 1.82) is 0 Å². The van der Waals surface area contributed by atoms with Gasteiger partial charge in [0.25, 0.3) is 0 Å². The van der Waals surface area contributed by atoms with E-state index in [9.17, 15) is 14.4 Å². The zero-order valence-corrected chi connectivity index (χ0v) is 9.00. The average molecular weight is 251 g/mol. The van der Waals surface area contributed by atoms with Crippen molar-refractivity contribution in [3.8, 4) is 0 Å². The quantitative estimate of drug-likeness (QED) is 0.388. The molecule has 1 fully saturated rings. The summed E-state index contributed by atoms with van der Waals surface area (Å²) in [6.07, 6.45) is 1.03. The minimum atomic E-state index is -0.296. The molecule has 0 saturated carbocycles. The Morgan fingerprint density at radius 2 is 2.00 bits per heavy atom. The molecule has 1 aliphatic rings. The van der Waals surface area contributed by atoms with Gasteiger partial charge in [-0.25, -0.2) is 0 Å². The van der Waals surface area contributed by atoms with Crippen LogP contribution in [0.4, 0.5) is 0 Å². The summed E-state index contributed by atoms with van der Waals surface area (Å²) in [4.78, 5) is 31.3. The van der Waals surface area contributed by atoms with Gasteiger partial charge in [0.15, 0.2) is 0 Å². The van der Waals surface area contributed by atoms with E-state index in [1.165, 1.54) is 4.90 Å². The predicted octanol–water partition coefficient (Wildman–Crippen LogP) is -0.499. The van der Waals surface area contributed by atoms with E-state index in [0.717, 1.165) is 6.41 Å². The number of alkyl halides is 1. The van der Waals surface area contributed by atoms with Crippen LogP contribution < -0.4 is 5.32 Å².